The van der Waals surface area contributed by atoms with E-state index in [1.54, 1.807) is 0 Å². The predicted octanol–water partition coefficient (Wildman–Crippen LogP) is -1.94. The van der Waals surface area contributed by atoms with Crippen molar-refractivity contribution >= 4 is 17.0 Å². The van der Waals surface area contributed by atoms with E-state index in [1.165, 1.54) is 15.5 Å². The fourth-order valence-corrected chi connectivity index (χ4v) is 2.25. The second kappa shape index (κ2) is 4.30. The van der Waals surface area contributed by atoms with Gasteiger partial charge in [0, 0.05) is 0 Å². The Morgan fingerprint density at radius 1 is 1.47 bits per heavy atom. The quantitative estimate of drug-likeness (QED) is 0.577. The molecule has 1 aliphatic heterocycles. The van der Waals surface area contributed by atoms with Crippen molar-refractivity contribution in [1.29, 1.82) is 0 Å². The number of nitrogens with zero attached hydrogens (tertiary/aromatic N) is 4. The van der Waals surface area contributed by atoms with E-state index in [0.29, 0.717) is 11.2 Å². The first-order valence-electron chi connectivity index (χ1n) is 5.75. The van der Waals surface area contributed by atoms with Gasteiger partial charge in [-0.3, -0.25) is 9.13 Å². The molecule has 9 heteroatoms. The Balaban J connectivity index is 2.33. The van der Waals surface area contributed by atoms with Gasteiger partial charge in [0.2, 0.25) is 0 Å². The molecule has 3 rings (SSSR count). The lowest BCUT2D eigenvalue weighted by molar-refractivity contribution is -0.0943. The Bertz CT molecular complexity index is 678. The third kappa shape index (κ3) is 1.70. The van der Waals surface area contributed by atoms with Gasteiger partial charge >= 0.3 is 5.69 Å². The van der Waals surface area contributed by atoms with Crippen molar-refractivity contribution in [3.63, 3.8) is 0 Å². The average Bonchev–Trinajstić information content (AvgIpc) is 2.76. The topological polar surface area (TPSA) is 128 Å². The minimum atomic E-state index is -0.725. The number of hydrogen-bond donors (Lipinski definition) is 3. The summed E-state index contributed by atoms with van der Waals surface area (Å²) in [5.41, 5.74) is 5.95. The standard InChI is InChI=1S/C10H13N5O4/c11-8-7-9-14(10(18)13-8)1-5(2-16)19-6(3-17)15(9)4-12-7/h4-6,16-17H,1-3H2,(H2,11,13,18)/t5-,6-/m1/s1. The monoisotopic (exact) mass is 267 g/mol. The molecule has 2 aromatic rings. The SMILES string of the molecule is Nc1nc(=O)n2c3c1ncn3[C@@H](CO)O[C@@H](CO)C2. The second-order valence-electron chi connectivity index (χ2n) is 4.29. The van der Waals surface area contributed by atoms with E-state index in [1.807, 2.05) is 0 Å². The van der Waals surface area contributed by atoms with Gasteiger partial charge in [-0.2, -0.15) is 4.98 Å². The highest BCUT2D eigenvalue weighted by Crippen LogP contribution is 2.24. The van der Waals surface area contributed by atoms with Gasteiger partial charge in [0.25, 0.3) is 0 Å². The van der Waals surface area contributed by atoms with Crippen LogP contribution in [0.5, 0.6) is 0 Å². The Morgan fingerprint density at radius 3 is 2.95 bits per heavy atom. The third-order valence-electron chi connectivity index (χ3n) is 3.12. The van der Waals surface area contributed by atoms with Gasteiger partial charge in [0.1, 0.15) is 11.6 Å². The van der Waals surface area contributed by atoms with Gasteiger partial charge in [0.15, 0.2) is 17.7 Å². The Morgan fingerprint density at radius 2 is 2.26 bits per heavy atom. The molecule has 1 aliphatic rings. The Labute approximate surface area is 106 Å². The van der Waals surface area contributed by atoms with Crippen LogP contribution in [0.2, 0.25) is 0 Å². The van der Waals surface area contributed by atoms with Gasteiger partial charge in [-0.1, -0.05) is 0 Å². The van der Waals surface area contributed by atoms with E-state index < -0.39 is 18.0 Å². The minimum Gasteiger partial charge on any atom is -0.394 e. The number of nitrogen functional groups attached to an aromatic ring is 1. The highest BCUT2D eigenvalue weighted by molar-refractivity contribution is 5.81. The molecular weight excluding hydrogens is 254 g/mol. The van der Waals surface area contributed by atoms with Crippen LogP contribution in [0.3, 0.4) is 0 Å². The van der Waals surface area contributed by atoms with Crippen LogP contribution in [-0.2, 0) is 11.3 Å². The summed E-state index contributed by atoms with van der Waals surface area (Å²) in [5.74, 6) is 0.0362. The van der Waals surface area contributed by atoms with Crippen molar-refractivity contribution in [1.82, 2.24) is 19.1 Å². The van der Waals surface area contributed by atoms with Crippen molar-refractivity contribution in [3.05, 3.63) is 16.8 Å². The number of aliphatic hydroxyl groups is 2. The molecule has 0 amide bonds. The smallest absolute Gasteiger partial charge is 0.351 e. The summed E-state index contributed by atoms with van der Waals surface area (Å²) in [4.78, 5) is 19.7. The van der Waals surface area contributed by atoms with Crippen LogP contribution in [0.15, 0.2) is 11.1 Å². The van der Waals surface area contributed by atoms with Crippen LogP contribution in [0.1, 0.15) is 6.23 Å². The van der Waals surface area contributed by atoms with E-state index >= 15 is 0 Å². The third-order valence-corrected chi connectivity index (χ3v) is 3.12. The lowest BCUT2D eigenvalue weighted by Crippen LogP contribution is -2.31. The molecule has 0 bridgehead atoms. The van der Waals surface area contributed by atoms with Crippen molar-refractivity contribution in [2.45, 2.75) is 18.9 Å². The first-order valence-corrected chi connectivity index (χ1v) is 5.75. The summed E-state index contributed by atoms with van der Waals surface area (Å²) in [6, 6.07) is 0. The molecule has 19 heavy (non-hydrogen) atoms. The molecule has 0 radical (unpaired) electrons. The molecule has 0 aliphatic carbocycles. The van der Waals surface area contributed by atoms with Crippen molar-refractivity contribution in [2.75, 3.05) is 18.9 Å². The first kappa shape index (κ1) is 12.1. The van der Waals surface area contributed by atoms with Crippen LogP contribution < -0.4 is 11.4 Å². The Hall–Kier alpha value is -1.97. The van der Waals surface area contributed by atoms with E-state index in [9.17, 15) is 15.0 Å². The van der Waals surface area contributed by atoms with Crippen molar-refractivity contribution in [3.8, 4) is 0 Å². The maximum absolute atomic E-state index is 11.9. The van der Waals surface area contributed by atoms with E-state index in [4.69, 9.17) is 10.5 Å². The molecular formula is C10H13N5O4. The molecule has 2 atom stereocenters. The fourth-order valence-electron chi connectivity index (χ4n) is 2.25. The number of ether oxygens (including phenoxy) is 1. The van der Waals surface area contributed by atoms with Gasteiger partial charge in [-0.25, -0.2) is 9.78 Å². The molecule has 102 valence electrons. The summed E-state index contributed by atoms with van der Waals surface area (Å²) in [6.07, 6.45) is 0.0970. The van der Waals surface area contributed by atoms with E-state index in [0.717, 1.165) is 0 Å². The number of anilines is 1. The van der Waals surface area contributed by atoms with Gasteiger partial charge in [-0.15, -0.1) is 0 Å². The number of nitrogens with two attached hydrogens (primary N) is 1. The fraction of sp³-hybridized carbons (Fsp3) is 0.500. The maximum Gasteiger partial charge on any atom is 0.351 e. The summed E-state index contributed by atoms with van der Waals surface area (Å²) >= 11 is 0. The number of rotatable bonds is 2. The van der Waals surface area contributed by atoms with Gasteiger partial charge in [-0.05, 0) is 0 Å². The number of aliphatic hydroxyl groups excluding tert-OH is 2. The van der Waals surface area contributed by atoms with Crippen molar-refractivity contribution in [2.24, 2.45) is 0 Å². The molecule has 2 aromatic heterocycles. The van der Waals surface area contributed by atoms with Crippen LogP contribution in [-0.4, -0.2) is 48.6 Å². The molecule has 0 unspecified atom stereocenters. The maximum atomic E-state index is 11.9. The minimum absolute atomic E-state index is 0.0362. The summed E-state index contributed by atoms with van der Waals surface area (Å²) < 4.78 is 8.39. The highest BCUT2D eigenvalue weighted by Gasteiger charge is 2.27. The average molecular weight is 267 g/mol. The van der Waals surface area contributed by atoms with Crippen LogP contribution in [0, 0.1) is 0 Å². The summed E-state index contributed by atoms with van der Waals surface area (Å²) in [7, 11) is 0. The molecule has 0 spiro atoms. The van der Waals surface area contributed by atoms with Crippen molar-refractivity contribution < 1.29 is 14.9 Å². The van der Waals surface area contributed by atoms with Crippen LogP contribution >= 0.6 is 0 Å². The van der Waals surface area contributed by atoms with Crippen LogP contribution in [0.4, 0.5) is 5.82 Å². The number of hydrogen-bond acceptors (Lipinski definition) is 7. The van der Waals surface area contributed by atoms with E-state index in [-0.39, 0.29) is 25.6 Å². The molecule has 9 nitrogen and oxygen atoms in total. The summed E-state index contributed by atoms with van der Waals surface area (Å²) in [5, 5.41) is 18.6. The molecule has 4 N–H and O–H groups in total. The van der Waals surface area contributed by atoms with Gasteiger partial charge < -0.3 is 20.7 Å². The van der Waals surface area contributed by atoms with Crippen LogP contribution in [0.25, 0.3) is 11.2 Å². The zero-order valence-electron chi connectivity index (χ0n) is 9.93. The lowest BCUT2D eigenvalue weighted by atomic mass is 10.3. The first-order chi connectivity index (χ1) is 9.15. The molecule has 0 fully saturated rings. The normalized spacial score (nSPS) is 22.6. The zero-order chi connectivity index (χ0) is 13.6. The molecule has 0 saturated carbocycles. The predicted molar refractivity (Wildman–Crippen MR) is 64.3 cm³/mol. The largest absolute Gasteiger partial charge is 0.394 e. The molecule has 3 heterocycles. The van der Waals surface area contributed by atoms with E-state index in [2.05, 4.69) is 9.97 Å². The van der Waals surface area contributed by atoms with Gasteiger partial charge in [0.05, 0.1) is 26.1 Å². The number of aromatic nitrogens is 4. The molecule has 0 saturated heterocycles. The Kier molecular flexibility index (Phi) is 2.73. The number of imidazole rings is 1. The zero-order valence-corrected chi connectivity index (χ0v) is 9.93. The molecule has 0 aromatic carbocycles. The summed E-state index contributed by atoms with van der Waals surface area (Å²) in [6.45, 7) is -0.452. The lowest BCUT2D eigenvalue weighted by Gasteiger charge is -2.19. The second-order valence-corrected chi connectivity index (χ2v) is 4.29. The highest BCUT2D eigenvalue weighted by atomic mass is 16.5.